The topological polar surface area (TPSA) is 26.2 Å². The van der Waals surface area contributed by atoms with Crippen molar-refractivity contribution in [3.8, 4) is 0 Å². The Bertz CT molecular complexity index is 963. The molecule has 1 aliphatic rings. The molecule has 0 unspecified atom stereocenters. The molecule has 1 heterocycles. The Labute approximate surface area is 155 Å². The highest BCUT2D eigenvalue weighted by Crippen LogP contribution is 2.42. The van der Waals surface area contributed by atoms with E-state index in [1.54, 1.807) is 7.11 Å². The summed E-state index contributed by atoms with van der Waals surface area (Å²) < 4.78 is 7.73. The summed E-state index contributed by atoms with van der Waals surface area (Å²) in [6.07, 6.45) is 4.73. The number of benzene rings is 2. The average molecular weight is 346 g/mol. The summed E-state index contributed by atoms with van der Waals surface area (Å²) in [7, 11) is 1.68. The van der Waals surface area contributed by atoms with Crippen LogP contribution < -0.4 is 5.32 Å². The van der Waals surface area contributed by atoms with E-state index in [1.165, 1.54) is 29.3 Å². The molecule has 0 radical (unpaired) electrons. The second kappa shape index (κ2) is 6.56. The molecular formula is C23H26N2O. The zero-order valence-corrected chi connectivity index (χ0v) is 15.8. The first-order chi connectivity index (χ1) is 12.6. The molecule has 1 aromatic heterocycles. The number of anilines is 2. The number of hydrogen-bond acceptors (Lipinski definition) is 2. The van der Waals surface area contributed by atoms with Crippen LogP contribution in [0.5, 0.6) is 0 Å². The molecule has 4 rings (SSSR count). The molecule has 26 heavy (non-hydrogen) atoms. The van der Waals surface area contributed by atoms with E-state index in [0.29, 0.717) is 17.7 Å². The van der Waals surface area contributed by atoms with Crippen molar-refractivity contribution in [3.63, 3.8) is 0 Å². The van der Waals surface area contributed by atoms with Crippen LogP contribution in [0.25, 0.3) is 16.7 Å². The number of ether oxygens (including phenoxy) is 1. The van der Waals surface area contributed by atoms with Gasteiger partial charge in [0.2, 0.25) is 0 Å². The molecule has 1 saturated carbocycles. The van der Waals surface area contributed by atoms with E-state index in [1.807, 2.05) is 0 Å². The van der Waals surface area contributed by atoms with Crippen molar-refractivity contribution in [1.82, 2.24) is 4.57 Å². The Kier molecular flexibility index (Phi) is 4.23. The van der Waals surface area contributed by atoms with E-state index < -0.39 is 0 Å². The van der Waals surface area contributed by atoms with Crippen LogP contribution in [-0.2, 0) is 4.74 Å². The average Bonchev–Trinajstić information content (AvgIpc) is 3.40. The predicted molar refractivity (Wildman–Crippen MR) is 110 cm³/mol. The lowest BCUT2D eigenvalue weighted by atomic mass is 10.0. The van der Waals surface area contributed by atoms with Crippen molar-refractivity contribution in [1.29, 1.82) is 0 Å². The van der Waals surface area contributed by atoms with Gasteiger partial charge in [0, 0.05) is 40.1 Å². The lowest BCUT2D eigenvalue weighted by Crippen LogP contribution is -1.99. The summed E-state index contributed by atoms with van der Waals surface area (Å²) in [6.45, 7) is 8.48. The van der Waals surface area contributed by atoms with Gasteiger partial charge in [-0.15, -0.1) is 0 Å². The molecule has 3 heteroatoms. The molecule has 1 fully saturated rings. The van der Waals surface area contributed by atoms with Gasteiger partial charge in [0.1, 0.15) is 5.76 Å². The molecule has 134 valence electrons. The third kappa shape index (κ3) is 3.10. The maximum Gasteiger partial charge on any atom is 0.121 e. The van der Waals surface area contributed by atoms with Gasteiger partial charge in [-0.05, 0) is 74.6 Å². The fraction of sp³-hybridized carbons (Fsp3) is 0.304. The molecule has 0 saturated heterocycles. The molecule has 3 aromatic rings. The van der Waals surface area contributed by atoms with Gasteiger partial charge < -0.3 is 14.6 Å². The standard InChI is InChI=1S/C23H26N2O/c1-15(2)25-12-11-19-13-20(8-10-23(19)25)24-22-9-7-18(17-5-6-17)14-21(22)16(3)26-4/h7-15,17,24H,3,5-6H2,1-2,4H3. The number of methoxy groups -OCH3 is 1. The lowest BCUT2D eigenvalue weighted by molar-refractivity contribution is 0.371. The smallest absolute Gasteiger partial charge is 0.121 e. The van der Waals surface area contributed by atoms with Crippen molar-refractivity contribution in [3.05, 3.63) is 66.4 Å². The van der Waals surface area contributed by atoms with Crippen molar-refractivity contribution in [2.75, 3.05) is 12.4 Å². The SMILES string of the molecule is C=C(OC)c1cc(C2CC2)ccc1Nc1ccc2c(ccn2C(C)C)c1. The van der Waals surface area contributed by atoms with Crippen molar-refractivity contribution in [2.45, 2.75) is 38.6 Å². The first-order valence-electron chi connectivity index (χ1n) is 9.31. The number of aromatic nitrogens is 1. The van der Waals surface area contributed by atoms with Crippen LogP contribution in [0.2, 0.25) is 0 Å². The second-order valence-electron chi connectivity index (χ2n) is 7.42. The second-order valence-corrected chi connectivity index (χ2v) is 7.42. The number of hydrogen-bond donors (Lipinski definition) is 1. The van der Waals surface area contributed by atoms with Crippen LogP contribution in [0, 0.1) is 0 Å². The monoisotopic (exact) mass is 346 g/mol. The summed E-state index contributed by atoms with van der Waals surface area (Å²) >= 11 is 0. The van der Waals surface area contributed by atoms with Gasteiger partial charge in [0.25, 0.3) is 0 Å². The minimum atomic E-state index is 0.456. The fourth-order valence-electron chi connectivity index (χ4n) is 3.53. The van der Waals surface area contributed by atoms with Crippen LogP contribution in [0.4, 0.5) is 11.4 Å². The lowest BCUT2D eigenvalue weighted by Gasteiger charge is -2.15. The van der Waals surface area contributed by atoms with Crippen LogP contribution in [0.15, 0.2) is 55.2 Å². The number of fused-ring (bicyclic) bond motifs is 1. The Hall–Kier alpha value is -2.68. The number of rotatable bonds is 6. The van der Waals surface area contributed by atoms with E-state index in [2.05, 4.69) is 79.0 Å². The number of nitrogens with one attached hydrogen (secondary N) is 1. The quantitative estimate of drug-likeness (QED) is 0.518. The first kappa shape index (κ1) is 16.8. The van der Waals surface area contributed by atoms with E-state index in [-0.39, 0.29) is 0 Å². The normalized spacial score (nSPS) is 14.0. The first-order valence-corrected chi connectivity index (χ1v) is 9.31. The van der Waals surface area contributed by atoms with Crippen LogP contribution >= 0.6 is 0 Å². The van der Waals surface area contributed by atoms with Crippen molar-refractivity contribution in [2.24, 2.45) is 0 Å². The third-order valence-electron chi connectivity index (χ3n) is 5.19. The van der Waals surface area contributed by atoms with Crippen molar-refractivity contribution < 1.29 is 4.74 Å². The van der Waals surface area contributed by atoms with Gasteiger partial charge in [-0.1, -0.05) is 12.6 Å². The Morgan fingerprint density at radius 1 is 1.15 bits per heavy atom. The molecule has 1 N–H and O–H groups in total. The van der Waals surface area contributed by atoms with E-state index >= 15 is 0 Å². The highest BCUT2D eigenvalue weighted by molar-refractivity contribution is 5.86. The summed E-state index contributed by atoms with van der Waals surface area (Å²) in [5.41, 5.74) is 5.79. The minimum Gasteiger partial charge on any atom is -0.497 e. The molecule has 0 atom stereocenters. The largest absolute Gasteiger partial charge is 0.497 e. The molecule has 0 spiro atoms. The van der Waals surface area contributed by atoms with E-state index in [9.17, 15) is 0 Å². The summed E-state index contributed by atoms with van der Waals surface area (Å²) in [5.74, 6) is 1.40. The van der Waals surface area contributed by atoms with Crippen molar-refractivity contribution >= 4 is 28.0 Å². The van der Waals surface area contributed by atoms with Gasteiger partial charge in [0.05, 0.1) is 7.11 Å². The maximum absolute atomic E-state index is 5.43. The molecule has 1 aliphatic carbocycles. The van der Waals surface area contributed by atoms with E-state index in [0.717, 1.165) is 16.9 Å². The molecule has 2 aromatic carbocycles. The van der Waals surface area contributed by atoms with Crippen LogP contribution in [0.1, 0.15) is 49.8 Å². The predicted octanol–water partition coefficient (Wildman–Crippen LogP) is 6.46. The molecule has 0 amide bonds. The minimum absolute atomic E-state index is 0.456. The summed E-state index contributed by atoms with van der Waals surface area (Å²) in [5, 5.41) is 4.80. The van der Waals surface area contributed by atoms with Crippen LogP contribution in [-0.4, -0.2) is 11.7 Å². The molecular weight excluding hydrogens is 320 g/mol. The highest BCUT2D eigenvalue weighted by Gasteiger charge is 2.24. The zero-order chi connectivity index (χ0) is 18.3. The number of nitrogens with zero attached hydrogens (tertiary/aromatic N) is 1. The Morgan fingerprint density at radius 3 is 2.65 bits per heavy atom. The summed E-state index contributed by atoms with van der Waals surface area (Å²) in [6, 6.07) is 15.7. The Balaban J connectivity index is 1.68. The Morgan fingerprint density at radius 2 is 1.96 bits per heavy atom. The van der Waals surface area contributed by atoms with Gasteiger partial charge in [-0.3, -0.25) is 0 Å². The van der Waals surface area contributed by atoms with Gasteiger partial charge in [0.15, 0.2) is 0 Å². The van der Waals surface area contributed by atoms with Crippen LogP contribution in [0.3, 0.4) is 0 Å². The third-order valence-corrected chi connectivity index (χ3v) is 5.19. The fourth-order valence-corrected chi connectivity index (χ4v) is 3.53. The summed E-state index contributed by atoms with van der Waals surface area (Å²) in [4.78, 5) is 0. The highest BCUT2D eigenvalue weighted by atomic mass is 16.5. The maximum atomic E-state index is 5.43. The van der Waals surface area contributed by atoms with Gasteiger partial charge >= 0.3 is 0 Å². The molecule has 0 aliphatic heterocycles. The van der Waals surface area contributed by atoms with Gasteiger partial charge in [-0.2, -0.15) is 0 Å². The van der Waals surface area contributed by atoms with Gasteiger partial charge in [-0.25, -0.2) is 0 Å². The van der Waals surface area contributed by atoms with E-state index in [4.69, 9.17) is 4.74 Å². The molecule has 3 nitrogen and oxygen atoms in total. The molecule has 0 bridgehead atoms. The zero-order valence-electron chi connectivity index (χ0n) is 15.8.